The summed E-state index contributed by atoms with van der Waals surface area (Å²) in [4.78, 5) is 14.8. The smallest absolute Gasteiger partial charge is 0.273 e. The Bertz CT molecular complexity index is 1100. The molecule has 0 saturated carbocycles. The predicted octanol–water partition coefficient (Wildman–Crippen LogP) is 3.73. The molecule has 4 rings (SSSR count). The number of nitrogens with one attached hydrogen (secondary N) is 1. The minimum atomic E-state index is -0.450. The van der Waals surface area contributed by atoms with Crippen molar-refractivity contribution in [2.75, 3.05) is 19.8 Å². The van der Waals surface area contributed by atoms with Gasteiger partial charge >= 0.3 is 0 Å². The second-order valence-corrected chi connectivity index (χ2v) is 7.88. The number of rotatable bonds is 7. The van der Waals surface area contributed by atoms with Crippen LogP contribution in [0.2, 0.25) is 0 Å². The molecule has 0 unspecified atom stereocenters. The molecule has 0 radical (unpaired) electrons. The molecule has 0 spiro atoms. The molecule has 2 aromatic carbocycles. The van der Waals surface area contributed by atoms with Gasteiger partial charge in [-0.15, -0.1) is 0 Å². The van der Waals surface area contributed by atoms with Gasteiger partial charge in [-0.1, -0.05) is 25.1 Å². The summed E-state index contributed by atoms with van der Waals surface area (Å²) >= 11 is 0. The molecule has 1 aromatic heterocycles. The predicted molar refractivity (Wildman–Crippen MR) is 117 cm³/mol. The van der Waals surface area contributed by atoms with Crippen molar-refractivity contribution in [3.8, 4) is 22.8 Å². The molecule has 162 valence electrons. The third-order valence-corrected chi connectivity index (χ3v) is 5.55. The Labute approximate surface area is 181 Å². The lowest BCUT2D eigenvalue weighted by Crippen LogP contribution is -2.32. The number of aromatic hydroxyl groups is 1. The third kappa shape index (κ3) is 3.65. The number of aromatic amines is 1. The Morgan fingerprint density at radius 1 is 1.23 bits per heavy atom. The zero-order chi connectivity index (χ0) is 22.1. The number of H-pyrrole nitrogens is 1. The van der Waals surface area contributed by atoms with Crippen molar-refractivity contribution in [1.29, 1.82) is 0 Å². The minimum absolute atomic E-state index is 0.124. The third-order valence-electron chi connectivity index (χ3n) is 5.55. The summed E-state index contributed by atoms with van der Waals surface area (Å²) in [7, 11) is 0. The monoisotopic (exact) mass is 421 g/mol. The molecular formula is C24H27N3O4. The van der Waals surface area contributed by atoms with Gasteiger partial charge in [-0.05, 0) is 55.2 Å². The van der Waals surface area contributed by atoms with Crippen LogP contribution in [0.4, 0.5) is 0 Å². The number of phenolic OH excluding ortho intramolecular Hbond substituents is 1. The van der Waals surface area contributed by atoms with Crippen LogP contribution in [-0.2, 0) is 0 Å². The number of fused-ring (bicyclic) bond motifs is 1. The van der Waals surface area contributed by atoms with E-state index in [0.717, 1.165) is 28.9 Å². The van der Waals surface area contributed by atoms with Crippen LogP contribution in [0.15, 0.2) is 36.4 Å². The second kappa shape index (κ2) is 8.43. The molecule has 1 amide bonds. The Balaban J connectivity index is 1.88. The number of carbonyl (C=O) groups is 1. The first-order valence-corrected chi connectivity index (χ1v) is 10.5. The number of benzene rings is 2. The lowest BCUT2D eigenvalue weighted by molar-refractivity contribution is 0.0706. The molecule has 0 fully saturated rings. The molecule has 2 heterocycles. The zero-order valence-electron chi connectivity index (χ0n) is 18.0. The van der Waals surface area contributed by atoms with E-state index < -0.39 is 6.04 Å². The van der Waals surface area contributed by atoms with Crippen molar-refractivity contribution in [2.24, 2.45) is 0 Å². The van der Waals surface area contributed by atoms with Gasteiger partial charge in [-0.3, -0.25) is 9.89 Å². The summed E-state index contributed by atoms with van der Waals surface area (Å²) in [5.74, 6) is 0.624. The number of aliphatic hydroxyl groups excluding tert-OH is 1. The lowest BCUT2D eigenvalue weighted by atomic mass is 9.93. The van der Waals surface area contributed by atoms with E-state index in [4.69, 9.17) is 4.74 Å². The van der Waals surface area contributed by atoms with Gasteiger partial charge in [0.05, 0.1) is 19.3 Å². The fraction of sp³-hybridized carbons (Fsp3) is 0.333. The number of hydrogen-bond acceptors (Lipinski definition) is 5. The minimum Gasteiger partial charge on any atom is -0.507 e. The standard InChI is InChI=1S/C24H27N3O4/c1-4-10-31-17-7-5-6-16(13-17)23-20-21(19-15(3)11-14(2)12-18(19)29)25-26-22(20)24(30)27(23)8-9-28/h5-7,11-13,23,28-29H,4,8-10H2,1-3H3,(H,25,26)/t23-/m1/s1. The van der Waals surface area contributed by atoms with Crippen molar-refractivity contribution in [1.82, 2.24) is 15.1 Å². The zero-order valence-corrected chi connectivity index (χ0v) is 18.0. The molecule has 3 N–H and O–H groups in total. The first kappa shape index (κ1) is 20.9. The first-order chi connectivity index (χ1) is 15.0. The van der Waals surface area contributed by atoms with Gasteiger partial charge in [-0.25, -0.2) is 0 Å². The van der Waals surface area contributed by atoms with Gasteiger partial charge in [0.15, 0.2) is 0 Å². The average Bonchev–Trinajstić information content (AvgIpc) is 3.26. The molecule has 0 saturated heterocycles. The number of amides is 1. The van der Waals surface area contributed by atoms with Crippen LogP contribution in [0.3, 0.4) is 0 Å². The number of aryl methyl sites for hydroxylation is 2. The fourth-order valence-electron chi connectivity index (χ4n) is 4.32. The van der Waals surface area contributed by atoms with E-state index in [9.17, 15) is 15.0 Å². The highest BCUT2D eigenvalue weighted by Gasteiger charge is 2.42. The molecule has 7 nitrogen and oxygen atoms in total. The highest BCUT2D eigenvalue weighted by Crippen LogP contribution is 2.45. The summed E-state index contributed by atoms with van der Waals surface area (Å²) < 4.78 is 5.80. The Morgan fingerprint density at radius 3 is 2.74 bits per heavy atom. The molecule has 3 aromatic rings. The molecule has 1 atom stereocenters. The SMILES string of the molecule is CCCOc1cccc([C@@H]2c3c(-c4c(C)cc(C)cc4O)n[nH]c3C(=O)N2CCO)c1. The van der Waals surface area contributed by atoms with Gasteiger partial charge in [0.25, 0.3) is 5.91 Å². The van der Waals surface area contributed by atoms with Gasteiger partial charge in [0.2, 0.25) is 0 Å². The number of ether oxygens (including phenoxy) is 1. The van der Waals surface area contributed by atoms with E-state index in [1.807, 2.05) is 51.1 Å². The highest BCUT2D eigenvalue weighted by atomic mass is 16.5. The van der Waals surface area contributed by atoms with Crippen LogP contribution in [-0.4, -0.2) is 51.0 Å². The quantitative estimate of drug-likeness (QED) is 0.540. The Hall–Kier alpha value is -3.32. The molecule has 7 heteroatoms. The van der Waals surface area contributed by atoms with Crippen molar-refractivity contribution < 1.29 is 19.7 Å². The fourth-order valence-corrected chi connectivity index (χ4v) is 4.32. The summed E-state index contributed by atoms with van der Waals surface area (Å²) in [5.41, 5.74) is 4.91. The van der Waals surface area contributed by atoms with Gasteiger partial charge in [0.1, 0.15) is 22.9 Å². The van der Waals surface area contributed by atoms with Crippen LogP contribution >= 0.6 is 0 Å². The maximum atomic E-state index is 13.1. The van der Waals surface area contributed by atoms with Crippen molar-refractivity contribution in [3.63, 3.8) is 0 Å². The van der Waals surface area contributed by atoms with Crippen LogP contribution in [0.5, 0.6) is 11.5 Å². The van der Waals surface area contributed by atoms with Crippen molar-refractivity contribution >= 4 is 5.91 Å². The normalized spacial score (nSPS) is 15.4. The number of aliphatic hydroxyl groups is 1. The number of aromatic nitrogens is 2. The van der Waals surface area contributed by atoms with Crippen LogP contribution < -0.4 is 4.74 Å². The largest absolute Gasteiger partial charge is 0.507 e. The maximum Gasteiger partial charge on any atom is 0.273 e. The van der Waals surface area contributed by atoms with Crippen LogP contribution in [0, 0.1) is 13.8 Å². The van der Waals surface area contributed by atoms with Crippen LogP contribution in [0.1, 0.15) is 52.1 Å². The van der Waals surface area contributed by atoms with E-state index in [1.165, 1.54) is 0 Å². The van der Waals surface area contributed by atoms with E-state index >= 15 is 0 Å². The molecule has 0 bridgehead atoms. The van der Waals surface area contributed by atoms with Gasteiger partial charge in [0, 0.05) is 17.7 Å². The molecule has 31 heavy (non-hydrogen) atoms. The van der Waals surface area contributed by atoms with E-state index in [2.05, 4.69) is 10.2 Å². The van der Waals surface area contributed by atoms with Crippen molar-refractivity contribution in [2.45, 2.75) is 33.2 Å². The van der Waals surface area contributed by atoms with Gasteiger partial charge < -0.3 is 19.8 Å². The lowest BCUT2D eigenvalue weighted by Gasteiger charge is -2.26. The highest BCUT2D eigenvalue weighted by molar-refractivity contribution is 6.00. The van der Waals surface area contributed by atoms with Crippen LogP contribution in [0.25, 0.3) is 11.3 Å². The summed E-state index contributed by atoms with van der Waals surface area (Å²) in [6.45, 7) is 6.51. The topological polar surface area (TPSA) is 98.7 Å². The summed E-state index contributed by atoms with van der Waals surface area (Å²) in [5, 5.41) is 27.6. The number of β-amino-alcohol motifs (C(OH)–C–C–N with tert-alkyl or cyclic N) is 1. The average molecular weight is 421 g/mol. The van der Waals surface area contributed by atoms with E-state index in [-0.39, 0.29) is 24.8 Å². The molecule has 0 aliphatic carbocycles. The number of carbonyl (C=O) groups excluding carboxylic acids is 1. The second-order valence-electron chi connectivity index (χ2n) is 7.88. The maximum absolute atomic E-state index is 13.1. The van der Waals surface area contributed by atoms with Crippen molar-refractivity contribution in [3.05, 3.63) is 64.3 Å². The Morgan fingerprint density at radius 2 is 2.03 bits per heavy atom. The summed E-state index contributed by atoms with van der Waals surface area (Å²) in [6.07, 6.45) is 0.894. The number of hydrogen-bond donors (Lipinski definition) is 3. The number of phenols is 1. The van der Waals surface area contributed by atoms with E-state index in [0.29, 0.717) is 29.1 Å². The first-order valence-electron chi connectivity index (χ1n) is 10.5. The van der Waals surface area contributed by atoms with Gasteiger partial charge in [-0.2, -0.15) is 5.10 Å². The van der Waals surface area contributed by atoms with E-state index in [1.54, 1.807) is 11.0 Å². The summed E-state index contributed by atoms with van der Waals surface area (Å²) in [6, 6.07) is 10.9. The molecule has 1 aliphatic rings. The molecular weight excluding hydrogens is 394 g/mol. The molecule has 1 aliphatic heterocycles. The Kier molecular flexibility index (Phi) is 5.69. The number of nitrogens with zero attached hydrogens (tertiary/aromatic N) is 2.